The maximum absolute atomic E-state index is 12.4. The largest absolute Gasteiger partial charge is 0.454 e. The number of amides is 1. The first kappa shape index (κ1) is 20.6. The first-order valence-corrected chi connectivity index (χ1v) is 9.00. The Labute approximate surface area is 159 Å². The molecular weight excluding hydrogens is 346 g/mol. The average molecular weight is 373 g/mol. The molecule has 0 fully saturated rings. The van der Waals surface area contributed by atoms with Crippen molar-refractivity contribution in [2.75, 3.05) is 0 Å². The van der Waals surface area contributed by atoms with Gasteiger partial charge >= 0.3 is 5.97 Å². The van der Waals surface area contributed by atoms with Crippen LogP contribution in [-0.4, -0.2) is 28.1 Å². The summed E-state index contributed by atoms with van der Waals surface area (Å²) in [4.78, 5) is 28.9. The van der Waals surface area contributed by atoms with Crippen molar-refractivity contribution in [2.45, 2.75) is 59.1 Å². The highest BCUT2D eigenvalue weighted by Gasteiger charge is 2.27. The molecule has 0 aliphatic rings. The van der Waals surface area contributed by atoms with Gasteiger partial charge in [0.1, 0.15) is 6.04 Å². The Hall–Kier alpha value is -2.70. The van der Waals surface area contributed by atoms with Gasteiger partial charge in [0.25, 0.3) is 5.89 Å². The first-order chi connectivity index (χ1) is 12.7. The first-order valence-electron chi connectivity index (χ1n) is 9.00. The third kappa shape index (κ3) is 6.20. The van der Waals surface area contributed by atoms with Crippen LogP contribution in [0.5, 0.6) is 0 Å². The second-order valence-electron chi connectivity index (χ2n) is 7.82. The summed E-state index contributed by atoms with van der Waals surface area (Å²) in [6.07, 6.45) is 0.204. The highest BCUT2D eigenvalue weighted by molar-refractivity contribution is 5.85. The Kier molecular flexibility index (Phi) is 6.71. The molecule has 0 unspecified atom stereocenters. The van der Waals surface area contributed by atoms with Crippen LogP contribution < -0.4 is 5.32 Å². The Morgan fingerprint density at radius 3 is 2.41 bits per heavy atom. The van der Waals surface area contributed by atoms with Crippen molar-refractivity contribution in [3.05, 3.63) is 47.6 Å². The highest BCUT2D eigenvalue weighted by atomic mass is 16.6. The molecule has 7 nitrogen and oxygen atoms in total. The summed E-state index contributed by atoms with van der Waals surface area (Å²) in [5, 5.41) is 6.64. The van der Waals surface area contributed by atoms with Crippen LogP contribution in [0.25, 0.3) is 0 Å². The summed E-state index contributed by atoms with van der Waals surface area (Å²) in [5.41, 5.74) is 0.629. The maximum Gasteiger partial charge on any atom is 0.329 e. The summed E-state index contributed by atoms with van der Waals surface area (Å²) < 4.78 is 10.4. The standard InChI is InChI=1S/C20H27N3O4/c1-13(2)17(21-15(24)11-14-9-7-6-8-10-14)18(25)26-12-16-22-19(23-27-16)20(3,4)5/h6-10,13,17H,11-12H2,1-5H3,(H,21,24)/t17-/m0/s1. The van der Waals surface area contributed by atoms with E-state index in [2.05, 4.69) is 15.5 Å². The van der Waals surface area contributed by atoms with Crippen LogP contribution in [0.2, 0.25) is 0 Å². The van der Waals surface area contributed by atoms with Crippen molar-refractivity contribution >= 4 is 11.9 Å². The molecule has 1 heterocycles. The van der Waals surface area contributed by atoms with Gasteiger partial charge in [0, 0.05) is 5.41 Å². The fourth-order valence-electron chi connectivity index (χ4n) is 2.34. The van der Waals surface area contributed by atoms with E-state index in [4.69, 9.17) is 9.26 Å². The molecule has 0 radical (unpaired) electrons. The Bertz CT molecular complexity index is 763. The van der Waals surface area contributed by atoms with E-state index in [-0.39, 0.29) is 36.2 Å². The number of ether oxygens (including phenoxy) is 1. The molecule has 7 heteroatoms. The van der Waals surface area contributed by atoms with E-state index in [1.807, 2.05) is 65.0 Å². The van der Waals surface area contributed by atoms with Crippen molar-refractivity contribution in [1.29, 1.82) is 0 Å². The van der Waals surface area contributed by atoms with Gasteiger partial charge in [0.2, 0.25) is 5.91 Å². The van der Waals surface area contributed by atoms with Crippen molar-refractivity contribution in [3.8, 4) is 0 Å². The highest BCUT2D eigenvalue weighted by Crippen LogP contribution is 2.18. The van der Waals surface area contributed by atoms with Crippen LogP contribution in [0.15, 0.2) is 34.9 Å². The van der Waals surface area contributed by atoms with Crippen molar-refractivity contribution < 1.29 is 18.8 Å². The Morgan fingerprint density at radius 2 is 1.85 bits per heavy atom. The van der Waals surface area contributed by atoms with Gasteiger partial charge in [-0.25, -0.2) is 4.79 Å². The van der Waals surface area contributed by atoms with Gasteiger partial charge in [-0.1, -0.05) is 70.1 Å². The third-order valence-electron chi connectivity index (χ3n) is 3.92. The molecule has 0 spiro atoms. The molecule has 2 aromatic rings. The summed E-state index contributed by atoms with van der Waals surface area (Å²) in [6, 6.07) is 8.61. The number of aromatic nitrogens is 2. The van der Waals surface area contributed by atoms with Crippen molar-refractivity contribution in [2.24, 2.45) is 5.92 Å². The fourth-order valence-corrected chi connectivity index (χ4v) is 2.34. The molecule has 1 N–H and O–H groups in total. The molecule has 0 saturated carbocycles. The maximum atomic E-state index is 12.4. The molecule has 1 aromatic heterocycles. The Morgan fingerprint density at radius 1 is 1.19 bits per heavy atom. The van der Waals surface area contributed by atoms with Crippen LogP contribution in [0.1, 0.15) is 51.9 Å². The summed E-state index contributed by atoms with van der Waals surface area (Å²) in [6.45, 7) is 9.46. The quantitative estimate of drug-likeness (QED) is 0.750. The molecule has 27 heavy (non-hydrogen) atoms. The zero-order chi connectivity index (χ0) is 20.0. The van der Waals surface area contributed by atoms with Crippen molar-refractivity contribution in [3.63, 3.8) is 0 Å². The van der Waals surface area contributed by atoms with Gasteiger partial charge in [-0.15, -0.1) is 0 Å². The lowest BCUT2D eigenvalue weighted by Crippen LogP contribution is -2.45. The molecule has 2 rings (SSSR count). The summed E-state index contributed by atoms with van der Waals surface area (Å²) in [7, 11) is 0. The monoisotopic (exact) mass is 373 g/mol. The molecule has 146 valence electrons. The minimum atomic E-state index is -0.744. The minimum Gasteiger partial charge on any atom is -0.454 e. The predicted molar refractivity (Wildman–Crippen MR) is 99.7 cm³/mol. The second kappa shape index (κ2) is 8.79. The van der Waals surface area contributed by atoms with Crippen LogP contribution >= 0.6 is 0 Å². The number of nitrogens with zero attached hydrogens (tertiary/aromatic N) is 2. The second-order valence-corrected chi connectivity index (χ2v) is 7.82. The average Bonchev–Trinajstić information content (AvgIpc) is 3.07. The fraction of sp³-hybridized carbons (Fsp3) is 0.500. The smallest absolute Gasteiger partial charge is 0.329 e. The van der Waals surface area contributed by atoms with Gasteiger partial charge < -0.3 is 14.6 Å². The predicted octanol–water partition coefficient (Wildman–Crippen LogP) is 2.79. The van der Waals surface area contributed by atoms with E-state index in [1.165, 1.54) is 0 Å². The van der Waals surface area contributed by atoms with Gasteiger partial charge in [-0.2, -0.15) is 4.98 Å². The number of carbonyl (C=O) groups is 2. The molecule has 1 amide bonds. The lowest BCUT2D eigenvalue weighted by molar-refractivity contribution is -0.151. The molecular formula is C20H27N3O4. The number of carbonyl (C=O) groups excluding carboxylic acids is 2. The number of hydrogen-bond donors (Lipinski definition) is 1. The number of hydrogen-bond acceptors (Lipinski definition) is 6. The lowest BCUT2D eigenvalue weighted by Gasteiger charge is -2.20. The SMILES string of the molecule is CC(C)[C@H](NC(=O)Cc1ccccc1)C(=O)OCc1nc(C(C)(C)C)no1. The van der Waals surface area contributed by atoms with E-state index in [0.717, 1.165) is 5.56 Å². The van der Waals surface area contributed by atoms with Gasteiger partial charge in [0.05, 0.1) is 6.42 Å². The van der Waals surface area contributed by atoms with E-state index in [1.54, 1.807) is 0 Å². The lowest BCUT2D eigenvalue weighted by atomic mass is 9.96. The zero-order valence-electron chi connectivity index (χ0n) is 16.5. The van der Waals surface area contributed by atoms with E-state index < -0.39 is 12.0 Å². The molecule has 0 aliphatic heterocycles. The number of rotatable bonds is 7. The normalized spacial score (nSPS) is 12.7. The molecule has 1 atom stereocenters. The van der Waals surface area contributed by atoms with Crippen LogP contribution in [0.4, 0.5) is 0 Å². The molecule has 0 bridgehead atoms. The summed E-state index contributed by atoms with van der Waals surface area (Å²) >= 11 is 0. The van der Waals surface area contributed by atoms with Gasteiger partial charge in [-0.05, 0) is 11.5 Å². The van der Waals surface area contributed by atoms with Gasteiger partial charge in [-0.3, -0.25) is 4.79 Å². The number of esters is 1. The van der Waals surface area contributed by atoms with Crippen molar-refractivity contribution in [1.82, 2.24) is 15.5 Å². The molecule has 0 saturated heterocycles. The van der Waals surface area contributed by atoms with Crippen LogP contribution in [-0.2, 0) is 32.8 Å². The Balaban J connectivity index is 1.92. The molecule has 0 aliphatic carbocycles. The zero-order valence-corrected chi connectivity index (χ0v) is 16.5. The molecule has 1 aromatic carbocycles. The number of nitrogens with one attached hydrogen (secondary N) is 1. The van der Waals surface area contributed by atoms with Crippen LogP contribution in [0, 0.1) is 5.92 Å². The topological polar surface area (TPSA) is 94.3 Å². The third-order valence-corrected chi connectivity index (χ3v) is 3.92. The van der Waals surface area contributed by atoms with Crippen LogP contribution in [0.3, 0.4) is 0 Å². The van der Waals surface area contributed by atoms with E-state index in [9.17, 15) is 9.59 Å². The minimum absolute atomic E-state index is 0.120. The summed E-state index contributed by atoms with van der Waals surface area (Å²) in [5.74, 6) is -0.104. The van der Waals surface area contributed by atoms with E-state index >= 15 is 0 Å². The number of benzene rings is 1. The van der Waals surface area contributed by atoms with Gasteiger partial charge in [0.15, 0.2) is 12.4 Å². The van der Waals surface area contributed by atoms with E-state index in [0.29, 0.717) is 5.82 Å².